The molecule has 1 saturated carbocycles. The predicted octanol–water partition coefficient (Wildman–Crippen LogP) is 4.52. The minimum Gasteiger partial charge on any atom is -0.373 e. The van der Waals surface area contributed by atoms with E-state index >= 15 is 0 Å². The van der Waals surface area contributed by atoms with Crippen molar-refractivity contribution in [2.24, 2.45) is 0 Å². The van der Waals surface area contributed by atoms with Gasteiger partial charge in [0.1, 0.15) is 5.82 Å². The third-order valence-corrected chi connectivity index (χ3v) is 4.71. The Morgan fingerprint density at radius 1 is 1.24 bits per heavy atom. The lowest BCUT2D eigenvalue weighted by Crippen LogP contribution is -2.45. The van der Waals surface area contributed by atoms with Crippen LogP contribution in [0.5, 0.6) is 0 Å². The molecular formula is C18H28FNO. The quantitative estimate of drug-likeness (QED) is 0.806. The molecule has 1 aliphatic carbocycles. The van der Waals surface area contributed by atoms with Gasteiger partial charge in [0.25, 0.3) is 0 Å². The third kappa shape index (κ3) is 3.64. The van der Waals surface area contributed by atoms with E-state index in [4.69, 9.17) is 4.74 Å². The summed E-state index contributed by atoms with van der Waals surface area (Å²) in [6.07, 6.45) is 7.13. The molecule has 1 aromatic rings. The number of likely N-dealkylation sites (N-methyl/N-ethyl adjacent to an activating group) is 1. The zero-order valence-corrected chi connectivity index (χ0v) is 13.5. The highest BCUT2D eigenvalue weighted by atomic mass is 19.1. The standard InChI is InChI=1S/C18H28FNO/c1-4-21-18(11-7-5-6-8-12-18)17(20-3)15-9-10-16(19)14(2)13-15/h9-10,13,17,20H,4-8,11-12H2,1-3H3. The van der Waals surface area contributed by atoms with E-state index in [1.165, 1.54) is 25.7 Å². The smallest absolute Gasteiger partial charge is 0.126 e. The van der Waals surface area contributed by atoms with Crippen LogP contribution in [0.2, 0.25) is 0 Å². The van der Waals surface area contributed by atoms with Crippen LogP contribution in [0.25, 0.3) is 0 Å². The molecule has 0 amide bonds. The van der Waals surface area contributed by atoms with E-state index in [1.807, 2.05) is 26.1 Å². The summed E-state index contributed by atoms with van der Waals surface area (Å²) in [5.41, 5.74) is 1.67. The first-order valence-corrected chi connectivity index (χ1v) is 8.20. The average Bonchev–Trinajstić information content (AvgIpc) is 2.70. The number of ether oxygens (including phenoxy) is 1. The van der Waals surface area contributed by atoms with Gasteiger partial charge in [-0.3, -0.25) is 0 Å². The number of benzene rings is 1. The molecule has 0 saturated heterocycles. The maximum absolute atomic E-state index is 13.6. The molecule has 118 valence electrons. The number of halogens is 1. The maximum Gasteiger partial charge on any atom is 0.126 e. The summed E-state index contributed by atoms with van der Waals surface area (Å²) >= 11 is 0. The van der Waals surface area contributed by atoms with Gasteiger partial charge in [0, 0.05) is 6.61 Å². The van der Waals surface area contributed by atoms with E-state index in [9.17, 15) is 4.39 Å². The average molecular weight is 293 g/mol. The molecule has 1 aromatic carbocycles. The Balaban J connectivity index is 2.36. The minimum atomic E-state index is -0.162. The van der Waals surface area contributed by atoms with E-state index in [1.54, 1.807) is 6.07 Å². The monoisotopic (exact) mass is 293 g/mol. The topological polar surface area (TPSA) is 21.3 Å². The highest BCUT2D eigenvalue weighted by Crippen LogP contribution is 2.40. The van der Waals surface area contributed by atoms with Crippen LogP contribution in [0.4, 0.5) is 4.39 Å². The second kappa shape index (κ2) is 7.37. The Bertz CT molecular complexity index is 453. The van der Waals surface area contributed by atoms with Gasteiger partial charge in [-0.1, -0.05) is 37.8 Å². The van der Waals surface area contributed by atoms with Gasteiger partial charge in [-0.05, 0) is 50.9 Å². The molecule has 0 heterocycles. The molecule has 3 heteroatoms. The maximum atomic E-state index is 13.6. The Kier molecular flexibility index (Phi) is 5.77. The van der Waals surface area contributed by atoms with Crippen molar-refractivity contribution >= 4 is 0 Å². The van der Waals surface area contributed by atoms with Crippen molar-refractivity contribution < 1.29 is 9.13 Å². The molecular weight excluding hydrogens is 265 g/mol. The molecule has 1 unspecified atom stereocenters. The van der Waals surface area contributed by atoms with Crippen LogP contribution in [-0.4, -0.2) is 19.3 Å². The molecule has 0 spiro atoms. The summed E-state index contributed by atoms with van der Waals surface area (Å²) in [7, 11) is 1.98. The normalized spacial score (nSPS) is 20.0. The van der Waals surface area contributed by atoms with E-state index in [0.717, 1.165) is 25.0 Å². The lowest BCUT2D eigenvalue weighted by molar-refractivity contribution is -0.0767. The molecule has 21 heavy (non-hydrogen) atoms. The van der Waals surface area contributed by atoms with Crippen molar-refractivity contribution in [3.8, 4) is 0 Å². The van der Waals surface area contributed by atoms with Gasteiger partial charge in [0.15, 0.2) is 0 Å². The van der Waals surface area contributed by atoms with E-state index in [-0.39, 0.29) is 17.5 Å². The zero-order chi connectivity index (χ0) is 15.3. The van der Waals surface area contributed by atoms with Crippen LogP contribution < -0.4 is 5.32 Å². The summed E-state index contributed by atoms with van der Waals surface area (Å²) in [6, 6.07) is 5.55. The van der Waals surface area contributed by atoms with Gasteiger partial charge < -0.3 is 10.1 Å². The fraction of sp³-hybridized carbons (Fsp3) is 0.667. The summed E-state index contributed by atoms with van der Waals surface area (Å²) in [6.45, 7) is 4.61. The largest absolute Gasteiger partial charge is 0.373 e. The first-order chi connectivity index (χ1) is 10.1. The molecule has 1 N–H and O–H groups in total. The highest BCUT2D eigenvalue weighted by Gasteiger charge is 2.40. The molecule has 1 fully saturated rings. The molecule has 2 rings (SSSR count). The van der Waals surface area contributed by atoms with Gasteiger partial charge in [0.05, 0.1) is 11.6 Å². The van der Waals surface area contributed by atoms with Crippen LogP contribution >= 0.6 is 0 Å². The first kappa shape index (κ1) is 16.4. The van der Waals surface area contributed by atoms with Gasteiger partial charge >= 0.3 is 0 Å². The Morgan fingerprint density at radius 2 is 1.90 bits per heavy atom. The van der Waals surface area contributed by atoms with Crippen molar-refractivity contribution in [3.63, 3.8) is 0 Å². The zero-order valence-electron chi connectivity index (χ0n) is 13.5. The SMILES string of the molecule is CCOC1(C(NC)c2ccc(F)c(C)c2)CCCCCC1. The molecule has 0 radical (unpaired) electrons. The molecule has 2 nitrogen and oxygen atoms in total. The third-order valence-electron chi connectivity index (χ3n) is 4.71. The molecule has 0 aliphatic heterocycles. The van der Waals surface area contributed by atoms with E-state index in [2.05, 4.69) is 12.2 Å². The summed E-state index contributed by atoms with van der Waals surface area (Å²) < 4.78 is 19.8. The van der Waals surface area contributed by atoms with Crippen molar-refractivity contribution in [2.45, 2.75) is 64.0 Å². The van der Waals surface area contributed by atoms with Crippen LogP contribution in [0.1, 0.15) is 62.6 Å². The molecule has 0 aromatic heterocycles. The van der Waals surface area contributed by atoms with E-state index < -0.39 is 0 Å². The van der Waals surface area contributed by atoms with Gasteiger partial charge in [-0.25, -0.2) is 4.39 Å². The fourth-order valence-electron chi connectivity index (χ4n) is 3.71. The summed E-state index contributed by atoms with van der Waals surface area (Å²) in [4.78, 5) is 0. The number of hydrogen-bond acceptors (Lipinski definition) is 2. The number of hydrogen-bond donors (Lipinski definition) is 1. The Labute approximate surface area is 128 Å². The second-order valence-electron chi connectivity index (χ2n) is 6.14. The van der Waals surface area contributed by atoms with Crippen molar-refractivity contribution in [2.75, 3.05) is 13.7 Å². The predicted molar refractivity (Wildman–Crippen MR) is 85.0 cm³/mol. The number of rotatable bonds is 5. The Morgan fingerprint density at radius 3 is 2.43 bits per heavy atom. The molecule has 0 bridgehead atoms. The number of nitrogens with one attached hydrogen (secondary N) is 1. The van der Waals surface area contributed by atoms with Crippen LogP contribution in [0.3, 0.4) is 0 Å². The molecule has 1 atom stereocenters. The summed E-state index contributed by atoms with van der Waals surface area (Å²) in [5.74, 6) is -0.139. The van der Waals surface area contributed by atoms with Gasteiger partial charge in [-0.2, -0.15) is 0 Å². The number of aryl methyl sites for hydroxylation is 1. The lowest BCUT2D eigenvalue weighted by atomic mass is 9.81. The Hall–Kier alpha value is -0.930. The lowest BCUT2D eigenvalue weighted by Gasteiger charge is -2.40. The van der Waals surface area contributed by atoms with Crippen LogP contribution in [-0.2, 0) is 4.74 Å². The van der Waals surface area contributed by atoms with Gasteiger partial charge in [-0.15, -0.1) is 0 Å². The van der Waals surface area contributed by atoms with Gasteiger partial charge in [0.2, 0.25) is 0 Å². The van der Waals surface area contributed by atoms with Crippen molar-refractivity contribution in [3.05, 3.63) is 35.1 Å². The first-order valence-electron chi connectivity index (χ1n) is 8.20. The fourth-order valence-corrected chi connectivity index (χ4v) is 3.71. The summed E-state index contributed by atoms with van der Waals surface area (Å²) in [5, 5.41) is 3.44. The second-order valence-corrected chi connectivity index (χ2v) is 6.14. The highest BCUT2D eigenvalue weighted by molar-refractivity contribution is 5.28. The van der Waals surface area contributed by atoms with Crippen LogP contribution in [0, 0.1) is 12.7 Å². The van der Waals surface area contributed by atoms with Crippen molar-refractivity contribution in [1.29, 1.82) is 0 Å². The van der Waals surface area contributed by atoms with Crippen molar-refractivity contribution in [1.82, 2.24) is 5.32 Å². The minimum absolute atomic E-state index is 0.120. The molecule has 1 aliphatic rings. The van der Waals surface area contributed by atoms with Crippen LogP contribution in [0.15, 0.2) is 18.2 Å². The van der Waals surface area contributed by atoms with E-state index in [0.29, 0.717) is 5.56 Å².